The van der Waals surface area contributed by atoms with E-state index < -0.39 is 40.6 Å². The van der Waals surface area contributed by atoms with E-state index in [2.05, 4.69) is 6.92 Å². The molecule has 0 unspecified atom stereocenters. The van der Waals surface area contributed by atoms with Gasteiger partial charge in [0.2, 0.25) is 0 Å². The highest BCUT2D eigenvalue weighted by Crippen LogP contribution is 2.40. The van der Waals surface area contributed by atoms with Crippen LogP contribution < -0.4 is 4.74 Å². The molecule has 0 bridgehead atoms. The highest BCUT2D eigenvalue weighted by molar-refractivity contribution is 5.99. The summed E-state index contributed by atoms with van der Waals surface area (Å²) in [6.45, 7) is 3.69. The third-order valence-electron chi connectivity index (χ3n) is 4.87. The van der Waals surface area contributed by atoms with Crippen molar-refractivity contribution in [3.8, 4) is 5.75 Å². The van der Waals surface area contributed by atoms with Crippen LogP contribution in [0.3, 0.4) is 0 Å². The summed E-state index contributed by atoms with van der Waals surface area (Å²) in [7, 11) is 0. The molecule has 0 amide bonds. The Morgan fingerprint density at radius 3 is 2.32 bits per heavy atom. The van der Waals surface area contributed by atoms with Crippen LogP contribution in [0.25, 0.3) is 0 Å². The number of ether oxygens (including phenoxy) is 1. The van der Waals surface area contributed by atoms with E-state index in [1.807, 2.05) is 0 Å². The molecule has 25 heavy (non-hydrogen) atoms. The van der Waals surface area contributed by atoms with Gasteiger partial charge in [-0.1, -0.05) is 19.8 Å². The second-order valence-corrected chi connectivity index (χ2v) is 6.60. The summed E-state index contributed by atoms with van der Waals surface area (Å²) in [6.07, 6.45) is 0.00106. The number of Topliss-reactive ketones (excluding diaryl/α,β-unsaturated/α-hetero) is 1. The zero-order chi connectivity index (χ0) is 18.6. The lowest BCUT2D eigenvalue weighted by atomic mass is 9.76. The van der Waals surface area contributed by atoms with Crippen molar-refractivity contribution in [1.29, 1.82) is 0 Å². The number of hydrogen-bond donors (Lipinski definition) is 0. The molecule has 0 aliphatic heterocycles. The molecule has 0 atom stereocenters. The molecule has 1 aromatic rings. The van der Waals surface area contributed by atoms with Crippen molar-refractivity contribution >= 4 is 5.78 Å². The molecule has 0 saturated heterocycles. The molecule has 0 aromatic heterocycles. The van der Waals surface area contributed by atoms with Crippen LogP contribution >= 0.6 is 0 Å². The number of halogens is 4. The summed E-state index contributed by atoms with van der Waals surface area (Å²) in [5, 5.41) is 0. The highest BCUT2D eigenvalue weighted by Gasteiger charge is 2.41. The maximum Gasteiger partial charge on any atom is 0.420 e. The summed E-state index contributed by atoms with van der Waals surface area (Å²) < 4.78 is 59.3. The Morgan fingerprint density at radius 1 is 1.16 bits per heavy atom. The normalized spacial score (nSPS) is 21.2. The van der Waals surface area contributed by atoms with E-state index >= 15 is 0 Å². The van der Waals surface area contributed by atoms with Gasteiger partial charge in [0, 0.05) is 11.5 Å². The van der Waals surface area contributed by atoms with Crippen LogP contribution in [0, 0.1) is 17.7 Å². The van der Waals surface area contributed by atoms with Gasteiger partial charge in [-0.2, -0.15) is 13.2 Å². The summed E-state index contributed by atoms with van der Waals surface area (Å²) in [4.78, 5) is 12.6. The number of ketones is 1. The Balaban J connectivity index is 2.29. The van der Waals surface area contributed by atoms with E-state index in [0.29, 0.717) is 18.8 Å². The zero-order valence-corrected chi connectivity index (χ0v) is 14.6. The Morgan fingerprint density at radius 2 is 1.80 bits per heavy atom. The monoisotopic (exact) mass is 360 g/mol. The average molecular weight is 360 g/mol. The summed E-state index contributed by atoms with van der Waals surface area (Å²) in [5.41, 5.74) is -2.08. The molecule has 1 aromatic carbocycles. The van der Waals surface area contributed by atoms with E-state index in [1.165, 1.54) is 0 Å². The molecule has 0 radical (unpaired) electrons. The maximum atomic E-state index is 14.3. The van der Waals surface area contributed by atoms with E-state index in [9.17, 15) is 22.4 Å². The van der Waals surface area contributed by atoms with Crippen molar-refractivity contribution in [2.24, 2.45) is 11.8 Å². The Hall–Kier alpha value is -1.59. The van der Waals surface area contributed by atoms with Gasteiger partial charge < -0.3 is 4.74 Å². The third-order valence-corrected chi connectivity index (χ3v) is 4.87. The number of carbonyl (C=O) groups excluding carboxylic acids is 1. The molecular formula is C19H24F4O2. The van der Waals surface area contributed by atoms with Gasteiger partial charge in [0.1, 0.15) is 5.56 Å². The van der Waals surface area contributed by atoms with Crippen molar-refractivity contribution in [2.75, 3.05) is 6.61 Å². The number of hydrogen-bond acceptors (Lipinski definition) is 2. The standard InChI is InChI=1S/C19H24F4O2/c1-3-5-12-6-8-13(9-7-12)18(24)14-10-11-15(25-4-2)17(20)16(14)19(21,22)23/h10-13H,3-9H2,1-2H3. The molecule has 1 saturated carbocycles. The molecule has 0 spiro atoms. The quantitative estimate of drug-likeness (QED) is 0.457. The van der Waals surface area contributed by atoms with Crippen molar-refractivity contribution < 1.29 is 27.1 Å². The van der Waals surface area contributed by atoms with Crippen molar-refractivity contribution in [2.45, 2.75) is 58.5 Å². The average Bonchev–Trinajstić information content (AvgIpc) is 2.56. The van der Waals surface area contributed by atoms with Crippen LogP contribution in [-0.2, 0) is 6.18 Å². The van der Waals surface area contributed by atoms with Crippen LogP contribution in [0.2, 0.25) is 0 Å². The first-order valence-electron chi connectivity index (χ1n) is 8.86. The van der Waals surface area contributed by atoms with Crippen LogP contribution in [-0.4, -0.2) is 12.4 Å². The fraction of sp³-hybridized carbons (Fsp3) is 0.632. The predicted octanol–water partition coefficient (Wildman–Crippen LogP) is 6.03. The zero-order valence-electron chi connectivity index (χ0n) is 14.6. The number of benzene rings is 1. The van der Waals surface area contributed by atoms with Crippen molar-refractivity contribution in [1.82, 2.24) is 0 Å². The molecule has 6 heteroatoms. The largest absolute Gasteiger partial charge is 0.491 e. The van der Waals surface area contributed by atoms with Gasteiger partial charge in [-0.15, -0.1) is 0 Å². The third kappa shape index (κ3) is 4.53. The predicted molar refractivity (Wildman–Crippen MR) is 87.3 cm³/mol. The van der Waals surface area contributed by atoms with Gasteiger partial charge in [-0.3, -0.25) is 4.79 Å². The Kier molecular flexibility index (Phi) is 6.47. The van der Waals surface area contributed by atoms with Crippen LogP contribution in [0.4, 0.5) is 17.6 Å². The minimum atomic E-state index is -4.94. The van der Waals surface area contributed by atoms with Crippen molar-refractivity contribution in [3.05, 3.63) is 29.1 Å². The minimum absolute atomic E-state index is 0.0446. The van der Waals surface area contributed by atoms with Gasteiger partial charge in [0.25, 0.3) is 0 Å². The lowest BCUT2D eigenvalue weighted by Gasteiger charge is -2.28. The Labute approximate surface area is 145 Å². The van der Waals surface area contributed by atoms with Crippen LogP contribution in [0.1, 0.15) is 68.3 Å². The molecule has 140 valence electrons. The number of rotatable bonds is 6. The maximum absolute atomic E-state index is 14.3. The second kappa shape index (κ2) is 8.19. The van der Waals surface area contributed by atoms with E-state index in [-0.39, 0.29) is 6.61 Å². The van der Waals surface area contributed by atoms with Crippen molar-refractivity contribution in [3.63, 3.8) is 0 Å². The van der Waals surface area contributed by atoms with Gasteiger partial charge in [0.15, 0.2) is 17.3 Å². The van der Waals surface area contributed by atoms with E-state index in [4.69, 9.17) is 4.74 Å². The first kappa shape index (κ1) is 19.7. The molecule has 0 heterocycles. The molecule has 2 nitrogen and oxygen atoms in total. The first-order valence-corrected chi connectivity index (χ1v) is 8.86. The topological polar surface area (TPSA) is 26.3 Å². The minimum Gasteiger partial charge on any atom is -0.491 e. The number of carbonyl (C=O) groups is 1. The molecule has 2 rings (SSSR count). The lowest BCUT2D eigenvalue weighted by molar-refractivity contribution is -0.140. The van der Waals surface area contributed by atoms with Gasteiger partial charge in [-0.05, 0) is 50.7 Å². The molecule has 1 fully saturated rings. The Bertz CT molecular complexity index is 602. The smallest absolute Gasteiger partial charge is 0.420 e. The van der Waals surface area contributed by atoms with Crippen LogP contribution in [0.15, 0.2) is 12.1 Å². The highest BCUT2D eigenvalue weighted by atomic mass is 19.4. The second-order valence-electron chi connectivity index (χ2n) is 6.60. The summed E-state index contributed by atoms with van der Waals surface area (Å²) >= 11 is 0. The molecule has 1 aliphatic carbocycles. The fourth-order valence-corrected chi connectivity index (χ4v) is 3.65. The van der Waals surface area contributed by atoms with Crippen LogP contribution in [0.5, 0.6) is 5.75 Å². The van der Waals surface area contributed by atoms with E-state index in [0.717, 1.165) is 37.8 Å². The van der Waals surface area contributed by atoms with Gasteiger partial charge >= 0.3 is 6.18 Å². The SMILES string of the molecule is CCCC1CCC(C(=O)c2ccc(OCC)c(F)c2C(F)(F)F)CC1. The lowest BCUT2D eigenvalue weighted by Crippen LogP contribution is -2.25. The summed E-state index contributed by atoms with van der Waals surface area (Å²) in [5.74, 6) is -2.51. The van der Waals surface area contributed by atoms with E-state index in [1.54, 1.807) is 6.92 Å². The number of alkyl halides is 3. The first-order chi connectivity index (χ1) is 11.8. The molecular weight excluding hydrogens is 336 g/mol. The van der Waals surface area contributed by atoms with Gasteiger partial charge in [0.05, 0.1) is 6.61 Å². The summed E-state index contributed by atoms with van der Waals surface area (Å²) in [6, 6.07) is 2.17. The van der Waals surface area contributed by atoms with Gasteiger partial charge in [-0.25, -0.2) is 4.39 Å². The molecule has 1 aliphatic rings. The fourth-order valence-electron chi connectivity index (χ4n) is 3.65. The molecule has 0 N–H and O–H groups in total.